The molecule has 78 valence electrons. The van der Waals surface area contributed by atoms with Crippen LogP contribution in [0, 0.1) is 20.8 Å². The maximum Gasteiger partial charge on any atom is 0.251 e. The first-order chi connectivity index (χ1) is 7.13. The second kappa shape index (κ2) is 5.71. The van der Waals surface area contributed by atoms with E-state index in [4.69, 9.17) is 5.26 Å². The first kappa shape index (κ1) is 12.0. The first-order valence-corrected chi connectivity index (χ1v) is 5.64. The van der Waals surface area contributed by atoms with Crippen LogP contribution in [-0.4, -0.2) is 12.5 Å². The normalized spacial score (nSPS) is 11.5. The monoisotopic (exact) mass is 314 g/mol. The van der Waals surface area contributed by atoms with Gasteiger partial charge >= 0.3 is 0 Å². The third-order valence-corrected chi connectivity index (χ3v) is 2.55. The molecule has 0 aliphatic rings. The Kier molecular flexibility index (Phi) is 4.56. The highest BCUT2D eigenvalue weighted by Crippen LogP contribution is 2.07. The van der Waals surface area contributed by atoms with Gasteiger partial charge in [0.2, 0.25) is 0 Å². The lowest BCUT2D eigenvalue weighted by Gasteiger charge is -2.06. The van der Waals surface area contributed by atoms with Crippen LogP contribution in [0.5, 0.6) is 0 Å². The number of nitriles is 1. The van der Waals surface area contributed by atoms with E-state index >= 15 is 0 Å². The summed E-state index contributed by atoms with van der Waals surface area (Å²) < 4.78 is 1.02. The van der Waals surface area contributed by atoms with Crippen LogP contribution in [0.2, 0.25) is 0 Å². The largest absolute Gasteiger partial charge is 0.351 e. The maximum absolute atomic E-state index is 11.6. The number of hydrogen-bond donors (Lipinski definition) is 1. The van der Waals surface area contributed by atoms with Crippen molar-refractivity contribution in [3.8, 4) is 6.07 Å². The van der Waals surface area contributed by atoms with E-state index in [1.54, 1.807) is 13.0 Å². The zero-order valence-electron chi connectivity index (χ0n) is 8.33. The van der Waals surface area contributed by atoms with Crippen molar-refractivity contribution in [1.29, 1.82) is 5.26 Å². The highest BCUT2D eigenvalue weighted by atomic mass is 127. The van der Waals surface area contributed by atoms with Crippen LogP contribution in [0.3, 0.4) is 0 Å². The molecule has 0 radical (unpaired) electrons. The Balaban J connectivity index is 2.59. The lowest BCUT2D eigenvalue weighted by atomic mass is 10.2. The van der Waals surface area contributed by atoms with Crippen molar-refractivity contribution in [3.05, 3.63) is 33.4 Å². The number of halogens is 1. The van der Waals surface area contributed by atoms with Crippen LogP contribution in [0.25, 0.3) is 0 Å². The number of rotatable bonds is 3. The van der Waals surface area contributed by atoms with Crippen LogP contribution in [0.4, 0.5) is 0 Å². The summed E-state index contributed by atoms with van der Waals surface area (Å²) in [7, 11) is 0. The molecule has 15 heavy (non-hydrogen) atoms. The Labute approximate surface area is 103 Å². The number of carbonyl (C=O) groups excluding carboxylic acids is 1. The minimum atomic E-state index is -0.156. The second-order valence-corrected chi connectivity index (χ2v) is 4.50. The Morgan fingerprint density at radius 2 is 2.40 bits per heavy atom. The van der Waals surface area contributed by atoms with E-state index in [0.29, 0.717) is 12.1 Å². The van der Waals surface area contributed by atoms with Gasteiger partial charge in [-0.1, -0.05) is 6.07 Å². The van der Waals surface area contributed by atoms with Crippen molar-refractivity contribution in [2.24, 2.45) is 5.92 Å². The molecule has 0 saturated carbocycles. The Bertz CT molecular complexity index is 398. The zero-order valence-corrected chi connectivity index (χ0v) is 10.5. The summed E-state index contributed by atoms with van der Waals surface area (Å²) in [6.45, 7) is 2.16. The molecular weight excluding hydrogens is 303 g/mol. The van der Waals surface area contributed by atoms with E-state index in [1.165, 1.54) is 0 Å². The molecule has 1 atom stereocenters. The number of nitrogens with one attached hydrogen (secondary N) is 1. The molecule has 1 aromatic rings. The molecule has 0 fully saturated rings. The van der Waals surface area contributed by atoms with Crippen molar-refractivity contribution in [3.63, 3.8) is 0 Å². The average molecular weight is 314 g/mol. The molecule has 1 unspecified atom stereocenters. The van der Waals surface area contributed by atoms with E-state index in [9.17, 15) is 4.79 Å². The fourth-order valence-electron chi connectivity index (χ4n) is 1.02. The zero-order chi connectivity index (χ0) is 11.3. The van der Waals surface area contributed by atoms with E-state index in [-0.39, 0.29) is 11.8 Å². The molecule has 0 bridgehead atoms. The Morgan fingerprint density at radius 3 is 3.00 bits per heavy atom. The van der Waals surface area contributed by atoms with Crippen LogP contribution in [0.15, 0.2) is 24.3 Å². The molecule has 0 aliphatic carbocycles. The van der Waals surface area contributed by atoms with Crippen molar-refractivity contribution < 1.29 is 4.79 Å². The fourth-order valence-corrected chi connectivity index (χ4v) is 1.57. The van der Waals surface area contributed by atoms with Gasteiger partial charge in [0, 0.05) is 15.7 Å². The summed E-state index contributed by atoms with van der Waals surface area (Å²) in [5, 5.41) is 11.3. The molecule has 0 saturated heterocycles. The molecule has 1 N–H and O–H groups in total. The lowest BCUT2D eigenvalue weighted by molar-refractivity contribution is 0.0950. The maximum atomic E-state index is 11.6. The van der Waals surface area contributed by atoms with Crippen LogP contribution >= 0.6 is 22.6 Å². The van der Waals surface area contributed by atoms with Crippen LogP contribution in [-0.2, 0) is 0 Å². The third-order valence-electron chi connectivity index (χ3n) is 1.88. The van der Waals surface area contributed by atoms with Gasteiger partial charge < -0.3 is 5.32 Å². The minimum Gasteiger partial charge on any atom is -0.351 e. The summed E-state index contributed by atoms with van der Waals surface area (Å²) in [5.74, 6) is -0.285. The van der Waals surface area contributed by atoms with E-state index in [1.807, 2.05) is 18.2 Å². The molecular formula is C11H11IN2O. The third kappa shape index (κ3) is 3.88. The second-order valence-electron chi connectivity index (χ2n) is 3.25. The summed E-state index contributed by atoms with van der Waals surface area (Å²) in [6, 6.07) is 9.40. The van der Waals surface area contributed by atoms with E-state index in [0.717, 1.165) is 3.57 Å². The average Bonchev–Trinajstić information content (AvgIpc) is 2.25. The standard InChI is InChI=1S/C11H11IN2O/c1-8(6-13)7-14-11(15)9-3-2-4-10(12)5-9/h2-5,8H,7H2,1H3,(H,14,15). The predicted molar refractivity (Wildman–Crippen MR) is 66.3 cm³/mol. The molecule has 0 aliphatic heterocycles. The Morgan fingerprint density at radius 1 is 1.67 bits per heavy atom. The summed E-state index contributed by atoms with van der Waals surface area (Å²) >= 11 is 2.16. The van der Waals surface area contributed by atoms with Gasteiger partial charge in [0.1, 0.15) is 0 Å². The van der Waals surface area contributed by atoms with Gasteiger partial charge in [0.05, 0.1) is 12.0 Å². The van der Waals surface area contributed by atoms with Crippen molar-refractivity contribution in [1.82, 2.24) is 5.32 Å². The van der Waals surface area contributed by atoms with Gasteiger partial charge in [-0.05, 0) is 47.7 Å². The number of hydrogen-bond acceptors (Lipinski definition) is 2. The molecule has 0 heterocycles. The number of nitrogens with zero attached hydrogens (tertiary/aromatic N) is 1. The predicted octanol–water partition coefficient (Wildman–Crippen LogP) is 2.18. The SMILES string of the molecule is CC(C#N)CNC(=O)c1cccc(I)c1. The lowest BCUT2D eigenvalue weighted by Crippen LogP contribution is -2.27. The number of benzene rings is 1. The number of carbonyl (C=O) groups is 1. The molecule has 1 aromatic carbocycles. The van der Waals surface area contributed by atoms with E-state index < -0.39 is 0 Å². The van der Waals surface area contributed by atoms with Crippen molar-refractivity contribution in [2.45, 2.75) is 6.92 Å². The number of amides is 1. The highest BCUT2D eigenvalue weighted by Gasteiger charge is 2.06. The van der Waals surface area contributed by atoms with Crippen LogP contribution < -0.4 is 5.32 Å². The molecule has 1 amide bonds. The minimum absolute atomic E-state index is 0.129. The summed E-state index contributed by atoms with van der Waals surface area (Å²) in [6.07, 6.45) is 0. The van der Waals surface area contributed by atoms with E-state index in [2.05, 4.69) is 34.0 Å². The summed E-state index contributed by atoms with van der Waals surface area (Å²) in [4.78, 5) is 11.6. The van der Waals surface area contributed by atoms with Gasteiger partial charge in [-0.3, -0.25) is 4.79 Å². The van der Waals surface area contributed by atoms with Crippen molar-refractivity contribution >= 4 is 28.5 Å². The smallest absolute Gasteiger partial charge is 0.251 e. The molecule has 1 rings (SSSR count). The van der Waals surface area contributed by atoms with Crippen LogP contribution in [0.1, 0.15) is 17.3 Å². The van der Waals surface area contributed by atoms with Gasteiger partial charge in [0.25, 0.3) is 5.91 Å². The molecule has 0 aromatic heterocycles. The van der Waals surface area contributed by atoms with Gasteiger partial charge in [-0.15, -0.1) is 0 Å². The van der Waals surface area contributed by atoms with Gasteiger partial charge in [-0.2, -0.15) is 5.26 Å². The molecule has 0 spiro atoms. The quantitative estimate of drug-likeness (QED) is 0.870. The Hall–Kier alpha value is -1.09. The first-order valence-electron chi connectivity index (χ1n) is 4.57. The molecule has 3 nitrogen and oxygen atoms in total. The van der Waals surface area contributed by atoms with Gasteiger partial charge in [0.15, 0.2) is 0 Å². The summed E-state index contributed by atoms with van der Waals surface area (Å²) in [5.41, 5.74) is 0.632. The van der Waals surface area contributed by atoms with Crippen molar-refractivity contribution in [2.75, 3.05) is 6.54 Å². The fraction of sp³-hybridized carbons (Fsp3) is 0.273. The molecule has 4 heteroatoms. The topological polar surface area (TPSA) is 52.9 Å². The highest BCUT2D eigenvalue weighted by molar-refractivity contribution is 14.1. The van der Waals surface area contributed by atoms with Gasteiger partial charge in [-0.25, -0.2) is 0 Å².